The van der Waals surface area contributed by atoms with Gasteiger partial charge in [-0.1, -0.05) is 25.2 Å². The van der Waals surface area contributed by atoms with Gasteiger partial charge in [0, 0.05) is 16.9 Å². The molecule has 0 radical (unpaired) electrons. The zero-order chi connectivity index (χ0) is 13.1. The minimum absolute atomic E-state index is 0.0508. The van der Waals surface area contributed by atoms with Crippen LogP contribution < -0.4 is 0 Å². The Labute approximate surface area is 106 Å². The highest BCUT2D eigenvalue weighted by Crippen LogP contribution is 2.52. The Kier molecular flexibility index (Phi) is 2.19. The number of esters is 1. The summed E-state index contributed by atoms with van der Waals surface area (Å²) < 4.78 is 5.37. The molecule has 3 heteroatoms. The van der Waals surface area contributed by atoms with Crippen LogP contribution in [0.25, 0.3) is 0 Å². The van der Waals surface area contributed by atoms with Crippen LogP contribution in [0.1, 0.15) is 26.7 Å². The number of ketones is 1. The van der Waals surface area contributed by atoms with E-state index in [2.05, 4.69) is 13.5 Å². The first kappa shape index (κ1) is 11.5. The fraction of sp³-hybridized carbons (Fsp3) is 0.467. The van der Waals surface area contributed by atoms with E-state index in [0.29, 0.717) is 12.0 Å². The summed E-state index contributed by atoms with van der Waals surface area (Å²) >= 11 is 0. The van der Waals surface area contributed by atoms with Gasteiger partial charge in [-0.15, -0.1) is 0 Å². The van der Waals surface area contributed by atoms with Gasteiger partial charge in [0.15, 0.2) is 5.78 Å². The lowest BCUT2D eigenvalue weighted by Crippen LogP contribution is -2.37. The van der Waals surface area contributed by atoms with Crippen LogP contribution in [0, 0.1) is 11.3 Å². The van der Waals surface area contributed by atoms with Crippen LogP contribution in [0.3, 0.4) is 0 Å². The van der Waals surface area contributed by atoms with Crippen molar-refractivity contribution in [3.8, 4) is 0 Å². The van der Waals surface area contributed by atoms with Crippen LogP contribution in [-0.4, -0.2) is 17.9 Å². The van der Waals surface area contributed by atoms with Gasteiger partial charge in [0.2, 0.25) is 0 Å². The predicted molar refractivity (Wildman–Crippen MR) is 66.7 cm³/mol. The number of hydrogen-bond acceptors (Lipinski definition) is 3. The van der Waals surface area contributed by atoms with Crippen molar-refractivity contribution in [3.05, 3.63) is 35.5 Å². The summed E-state index contributed by atoms with van der Waals surface area (Å²) in [4.78, 5) is 23.3. The zero-order valence-corrected chi connectivity index (χ0v) is 10.7. The van der Waals surface area contributed by atoms with Gasteiger partial charge in [-0.25, -0.2) is 4.79 Å². The summed E-state index contributed by atoms with van der Waals surface area (Å²) in [5.74, 6) is -0.146. The average molecular weight is 244 g/mol. The molecule has 0 aromatic heterocycles. The second kappa shape index (κ2) is 3.44. The molecule has 3 nitrogen and oxygen atoms in total. The number of allylic oxidation sites excluding steroid dienone is 4. The van der Waals surface area contributed by atoms with Gasteiger partial charge < -0.3 is 4.74 Å². The highest BCUT2D eigenvalue weighted by atomic mass is 16.6. The van der Waals surface area contributed by atoms with Gasteiger partial charge >= 0.3 is 5.97 Å². The lowest BCUT2D eigenvalue weighted by molar-refractivity contribution is -0.140. The van der Waals surface area contributed by atoms with Crippen LogP contribution in [0.2, 0.25) is 0 Å². The summed E-state index contributed by atoms with van der Waals surface area (Å²) in [6.07, 6.45) is 4.99. The Morgan fingerprint density at radius 1 is 1.44 bits per heavy atom. The van der Waals surface area contributed by atoms with Gasteiger partial charge in [0.05, 0.1) is 0 Å². The number of hydrogen-bond donors (Lipinski definition) is 0. The molecule has 1 heterocycles. The molecule has 0 bridgehead atoms. The topological polar surface area (TPSA) is 43.4 Å². The highest BCUT2D eigenvalue weighted by Gasteiger charge is 2.49. The van der Waals surface area contributed by atoms with Crippen molar-refractivity contribution in [2.24, 2.45) is 11.3 Å². The van der Waals surface area contributed by atoms with E-state index in [1.807, 2.05) is 13.0 Å². The van der Waals surface area contributed by atoms with Crippen molar-refractivity contribution in [3.63, 3.8) is 0 Å². The molecular weight excluding hydrogens is 228 g/mol. The molecule has 3 aliphatic rings. The van der Waals surface area contributed by atoms with Crippen molar-refractivity contribution >= 4 is 11.8 Å². The Hall–Kier alpha value is -1.64. The van der Waals surface area contributed by atoms with Crippen LogP contribution >= 0.6 is 0 Å². The predicted octanol–water partition coefficient (Wildman–Crippen LogP) is 2.34. The number of fused-ring (bicyclic) bond motifs is 2. The van der Waals surface area contributed by atoms with E-state index in [4.69, 9.17) is 4.74 Å². The highest BCUT2D eigenvalue weighted by molar-refractivity contribution is 6.05. The Bertz CT molecular complexity index is 538. The molecule has 2 aliphatic carbocycles. The third-order valence-electron chi connectivity index (χ3n) is 4.58. The Balaban J connectivity index is 2.04. The largest absolute Gasteiger partial charge is 0.458 e. The van der Waals surface area contributed by atoms with Crippen molar-refractivity contribution in [2.75, 3.05) is 0 Å². The van der Waals surface area contributed by atoms with E-state index in [1.54, 1.807) is 6.08 Å². The van der Waals surface area contributed by atoms with E-state index < -0.39 is 0 Å². The van der Waals surface area contributed by atoms with Crippen LogP contribution in [0.5, 0.6) is 0 Å². The molecular formula is C15H16O3. The lowest BCUT2D eigenvalue weighted by atomic mass is 9.63. The third kappa shape index (κ3) is 1.36. The normalized spacial score (nSPS) is 38.7. The molecule has 18 heavy (non-hydrogen) atoms. The fourth-order valence-corrected chi connectivity index (χ4v) is 3.39. The van der Waals surface area contributed by atoms with E-state index in [-0.39, 0.29) is 29.2 Å². The molecule has 1 aliphatic heterocycles. The second-order valence-corrected chi connectivity index (χ2v) is 5.70. The summed E-state index contributed by atoms with van der Waals surface area (Å²) in [5, 5.41) is 0. The average Bonchev–Trinajstić information content (AvgIpc) is 2.58. The molecule has 0 amide bonds. The quantitative estimate of drug-likeness (QED) is 0.485. The first-order valence-corrected chi connectivity index (χ1v) is 6.26. The van der Waals surface area contributed by atoms with E-state index >= 15 is 0 Å². The Morgan fingerprint density at radius 3 is 2.89 bits per heavy atom. The second-order valence-electron chi connectivity index (χ2n) is 5.70. The number of ether oxygens (including phenoxy) is 1. The number of carbonyl (C=O) groups excluding carboxylic acids is 2. The lowest BCUT2D eigenvalue weighted by Gasteiger charge is -2.41. The van der Waals surface area contributed by atoms with Gasteiger partial charge in [-0.3, -0.25) is 4.79 Å². The van der Waals surface area contributed by atoms with Crippen LogP contribution in [0.4, 0.5) is 0 Å². The molecule has 1 saturated heterocycles. The third-order valence-corrected chi connectivity index (χ3v) is 4.58. The number of carbonyl (C=O) groups is 2. The van der Waals surface area contributed by atoms with Crippen molar-refractivity contribution < 1.29 is 14.3 Å². The number of rotatable bonds is 0. The van der Waals surface area contributed by atoms with E-state index in [0.717, 1.165) is 17.6 Å². The maximum absolute atomic E-state index is 11.8. The molecule has 2 fully saturated rings. The molecule has 0 aromatic rings. The summed E-state index contributed by atoms with van der Waals surface area (Å²) in [6, 6.07) is 0. The van der Waals surface area contributed by atoms with Crippen molar-refractivity contribution in [1.82, 2.24) is 0 Å². The molecule has 0 aromatic carbocycles. The minimum Gasteiger partial charge on any atom is -0.458 e. The fourth-order valence-electron chi connectivity index (χ4n) is 3.39. The summed E-state index contributed by atoms with van der Waals surface area (Å²) in [7, 11) is 0. The molecule has 1 saturated carbocycles. The molecule has 0 N–H and O–H groups in total. The maximum atomic E-state index is 11.8. The van der Waals surface area contributed by atoms with E-state index in [1.165, 1.54) is 0 Å². The molecule has 0 spiro atoms. The van der Waals surface area contributed by atoms with Crippen molar-refractivity contribution in [1.29, 1.82) is 0 Å². The van der Waals surface area contributed by atoms with Crippen molar-refractivity contribution in [2.45, 2.75) is 32.8 Å². The van der Waals surface area contributed by atoms with Gasteiger partial charge in [0.25, 0.3) is 0 Å². The summed E-state index contributed by atoms with van der Waals surface area (Å²) in [6.45, 7) is 7.81. The van der Waals surface area contributed by atoms with E-state index in [9.17, 15) is 9.59 Å². The van der Waals surface area contributed by atoms with Crippen LogP contribution in [0.15, 0.2) is 35.5 Å². The van der Waals surface area contributed by atoms with Gasteiger partial charge in [0.1, 0.15) is 6.10 Å². The van der Waals surface area contributed by atoms with Gasteiger partial charge in [-0.2, -0.15) is 0 Å². The first-order valence-electron chi connectivity index (χ1n) is 6.26. The smallest absolute Gasteiger partial charge is 0.334 e. The first-order chi connectivity index (χ1) is 8.42. The molecule has 3 rings (SSSR count). The molecule has 3 atom stereocenters. The summed E-state index contributed by atoms with van der Waals surface area (Å²) in [5.41, 5.74) is 2.38. The standard InChI is InChI=1S/C15H16O3/c1-8-10-6-11-9(2)12(16)4-5-15(11,3)7-13(10)18-14(8)17/h4-5,10,13H,1,6-7H2,2-3H3/t10-,13-,15-/m1/s1. The maximum Gasteiger partial charge on any atom is 0.334 e. The van der Waals surface area contributed by atoms with Crippen LogP contribution in [-0.2, 0) is 14.3 Å². The SMILES string of the molecule is C=C1C(=O)O[C@@H]2C[C@@]3(C)C=CC(=O)C(C)=C3C[C@H]12. The zero-order valence-electron chi connectivity index (χ0n) is 10.7. The Morgan fingerprint density at radius 2 is 2.17 bits per heavy atom. The molecule has 0 unspecified atom stereocenters. The monoisotopic (exact) mass is 244 g/mol. The molecule has 94 valence electrons. The van der Waals surface area contributed by atoms with Gasteiger partial charge in [-0.05, 0) is 31.4 Å². The minimum atomic E-state index is -0.277.